The maximum absolute atomic E-state index is 6.03. The molecule has 0 aliphatic carbocycles. The van der Waals surface area contributed by atoms with Gasteiger partial charge in [0, 0.05) is 49.2 Å². The summed E-state index contributed by atoms with van der Waals surface area (Å²) in [6.45, 7) is 6.81. The first-order chi connectivity index (χ1) is 9.29. The van der Waals surface area contributed by atoms with Crippen LogP contribution in [0.2, 0.25) is 5.02 Å². The topological polar surface area (TPSA) is 15.7 Å². The van der Waals surface area contributed by atoms with E-state index >= 15 is 0 Å². The van der Waals surface area contributed by atoms with E-state index in [0.29, 0.717) is 0 Å². The van der Waals surface area contributed by atoms with Gasteiger partial charge in [0.2, 0.25) is 0 Å². The zero-order chi connectivity index (χ0) is 13.5. The number of rotatable bonds is 6. The van der Waals surface area contributed by atoms with Crippen LogP contribution in [0.5, 0.6) is 0 Å². The fourth-order valence-corrected chi connectivity index (χ4v) is 2.58. The molecule has 0 N–H and O–H groups in total. The summed E-state index contributed by atoms with van der Waals surface area (Å²) in [6.07, 6.45) is 0. The van der Waals surface area contributed by atoms with Gasteiger partial charge in [0.15, 0.2) is 0 Å². The lowest BCUT2D eigenvalue weighted by atomic mass is 10.2. The number of hydrogen-bond donors (Lipinski definition) is 1. The Balaban J connectivity index is 1.73. The number of benzene rings is 1. The normalized spacial score (nSPS) is 16.8. The predicted molar refractivity (Wildman–Crippen MR) is 84.8 cm³/mol. The van der Waals surface area contributed by atoms with Gasteiger partial charge in [-0.15, -0.1) is 0 Å². The van der Waals surface area contributed by atoms with E-state index in [1.165, 1.54) is 5.69 Å². The molecule has 0 radical (unpaired) electrons. The average Bonchev–Trinajstić information content (AvgIpc) is 2.44. The quantitative estimate of drug-likeness (QED) is 0.642. The summed E-state index contributed by atoms with van der Waals surface area (Å²) in [7, 11) is 0. The SMILES string of the molecule is SCCOCCN1CCN(c2cccc(Cl)c2)CC1. The van der Waals surface area contributed by atoms with Gasteiger partial charge in [0.05, 0.1) is 13.2 Å². The highest BCUT2D eigenvalue weighted by atomic mass is 35.5. The van der Waals surface area contributed by atoms with Gasteiger partial charge in [-0.3, -0.25) is 4.90 Å². The molecular weight excluding hydrogens is 280 g/mol. The first-order valence-electron chi connectivity index (χ1n) is 6.71. The summed E-state index contributed by atoms with van der Waals surface area (Å²) in [5.74, 6) is 0.794. The minimum atomic E-state index is 0.742. The lowest BCUT2D eigenvalue weighted by molar-refractivity contribution is 0.113. The minimum Gasteiger partial charge on any atom is -0.379 e. The van der Waals surface area contributed by atoms with Crippen molar-refractivity contribution in [3.05, 3.63) is 29.3 Å². The maximum atomic E-state index is 6.03. The number of hydrogen-bond acceptors (Lipinski definition) is 4. The van der Waals surface area contributed by atoms with E-state index in [4.69, 9.17) is 16.3 Å². The fraction of sp³-hybridized carbons (Fsp3) is 0.571. The molecule has 0 saturated carbocycles. The highest BCUT2D eigenvalue weighted by Gasteiger charge is 2.16. The Morgan fingerprint density at radius 2 is 1.95 bits per heavy atom. The number of thiol groups is 1. The fourth-order valence-electron chi connectivity index (χ4n) is 2.26. The molecule has 3 nitrogen and oxygen atoms in total. The molecule has 0 unspecified atom stereocenters. The van der Waals surface area contributed by atoms with Gasteiger partial charge in [-0.2, -0.15) is 12.6 Å². The summed E-state index contributed by atoms with van der Waals surface area (Å²) in [5, 5.41) is 0.806. The molecule has 0 spiro atoms. The molecule has 1 fully saturated rings. The van der Waals surface area contributed by atoms with Gasteiger partial charge >= 0.3 is 0 Å². The number of nitrogens with zero attached hydrogens (tertiary/aromatic N) is 2. The van der Waals surface area contributed by atoms with Crippen molar-refractivity contribution in [3.63, 3.8) is 0 Å². The van der Waals surface area contributed by atoms with Crippen LogP contribution in [0, 0.1) is 0 Å². The molecule has 2 rings (SSSR count). The van der Waals surface area contributed by atoms with Crippen molar-refractivity contribution in [1.29, 1.82) is 0 Å². The maximum Gasteiger partial charge on any atom is 0.0593 e. The third-order valence-corrected chi connectivity index (χ3v) is 3.75. The van der Waals surface area contributed by atoms with Crippen molar-refractivity contribution in [2.45, 2.75) is 0 Å². The van der Waals surface area contributed by atoms with Crippen LogP contribution >= 0.6 is 24.2 Å². The zero-order valence-corrected chi connectivity index (χ0v) is 12.7. The lowest BCUT2D eigenvalue weighted by Crippen LogP contribution is -2.47. The molecule has 0 amide bonds. The van der Waals surface area contributed by atoms with E-state index < -0.39 is 0 Å². The molecule has 1 saturated heterocycles. The van der Waals surface area contributed by atoms with Crippen LogP contribution < -0.4 is 4.90 Å². The Morgan fingerprint density at radius 1 is 1.16 bits per heavy atom. The zero-order valence-electron chi connectivity index (χ0n) is 11.1. The van der Waals surface area contributed by atoms with E-state index in [-0.39, 0.29) is 0 Å². The van der Waals surface area contributed by atoms with E-state index in [2.05, 4.69) is 28.5 Å². The number of piperazine rings is 1. The van der Waals surface area contributed by atoms with Crippen LogP contribution in [0.15, 0.2) is 24.3 Å². The van der Waals surface area contributed by atoms with Crippen LogP contribution in [0.25, 0.3) is 0 Å². The van der Waals surface area contributed by atoms with Crippen molar-refractivity contribution < 1.29 is 4.74 Å². The molecule has 0 bridgehead atoms. The summed E-state index contributed by atoms with van der Waals surface area (Å²) in [6, 6.07) is 8.08. The van der Waals surface area contributed by atoms with Gasteiger partial charge in [0.1, 0.15) is 0 Å². The van der Waals surface area contributed by atoms with Crippen LogP contribution in [-0.4, -0.2) is 56.6 Å². The molecule has 1 aromatic carbocycles. The summed E-state index contributed by atoms with van der Waals surface area (Å²) in [4.78, 5) is 4.83. The smallest absolute Gasteiger partial charge is 0.0593 e. The second-order valence-corrected chi connectivity index (χ2v) is 5.53. The Morgan fingerprint density at radius 3 is 2.63 bits per heavy atom. The molecule has 1 heterocycles. The van der Waals surface area contributed by atoms with Crippen LogP contribution in [-0.2, 0) is 4.74 Å². The van der Waals surface area contributed by atoms with Crippen molar-refractivity contribution in [2.24, 2.45) is 0 Å². The summed E-state index contributed by atoms with van der Waals surface area (Å²) < 4.78 is 5.46. The van der Waals surface area contributed by atoms with Gasteiger partial charge in [-0.1, -0.05) is 17.7 Å². The van der Waals surface area contributed by atoms with Crippen LogP contribution in [0.4, 0.5) is 5.69 Å². The second-order valence-electron chi connectivity index (χ2n) is 4.64. The van der Waals surface area contributed by atoms with Gasteiger partial charge in [0.25, 0.3) is 0 Å². The summed E-state index contributed by atoms with van der Waals surface area (Å²) >= 11 is 10.2. The molecule has 0 atom stereocenters. The number of anilines is 1. The molecule has 106 valence electrons. The number of ether oxygens (including phenoxy) is 1. The Labute approximate surface area is 125 Å². The average molecular weight is 301 g/mol. The second kappa shape index (κ2) is 8.00. The molecule has 19 heavy (non-hydrogen) atoms. The van der Waals surface area contributed by atoms with Crippen LogP contribution in [0.1, 0.15) is 0 Å². The monoisotopic (exact) mass is 300 g/mol. The molecule has 0 aromatic heterocycles. The largest absolute Gasteiger partial charge is 0.379 e. The van der Waals surface area contributed by atoms with Crippen molar-refractivity contribution in [3.8, 4) is 0 Å². The Hall–Kier alpha value is -0.420. The van der Waals surface area contributed by atoms with Crippen molar-refractivity contribution in [2.75, 3.05) is 56.6 Å². The standard InChI is InChI=1S/C14H21ClN2OS/c15-13-2-1-3-14(12-13)17-6-4-16(5-7-17)8-9-18-10-11-19/h1-3,12,19H,4-11H2. The Bertz CT molecular complexity index is 383. The minimum absolute atomic E-state index is 0.742. The van der Waals surface area contributed by atoms with Gasteiger partial charge in [-0.05, 0) is 18.2 Å². The van der Waals surface area contributed by atoms with E-state index in [9.17, 15) is 0 Å². The first-order valence-corrected chi connectivity index (χ1v) is 7.72. The third kappa shape index (κ3) is 4.88. The molecule has 1 aliphatic heterocycles. The van der Waals surface area contributed by atoms with Crippen molar-refractivity contribution in [1.82, 2.24) is 4.90 Å². The van der Waals surface area contributed by atoms with E-state index in [1.54, 1.807) is 0 Å². The molecule has 1 aromatic rings. The number of halogens is 1. The van der Waals surface area contributed by atoms with Gasteiger partial charge in [-0.25, -0.2) is 0 Å². The molecular formula is C14H21ClN2OS. The van der Waals surface area contributed by atoms with E-state index in [0.717, 1.165) is 56.7 Å². The molecule has 1 aliphatic rings. The highest BCUT2D eigenvalue weighted by Crippen LogP contribution is 2.20. The van der Waals surface area contributed by atoms with E-state index in [1.807, 2.05) is 18.2 Å². The van der Waals surface area contributed by atoms with Crippen LogP contribution in [0.3, 0.4) is 0 Å². The predicted octanol–water partition coefficient (Wildman–Crippen LogP) is 2.41. The van der Waals surface area contributed by atoms with Crippen molar-refractivity contribution >= 4 is 29.9 Å². The van der Waals surface area contributed by atoms with Gasteiger partial charge < -0.3 is 9.64 Å². The lowest BCUT2D eigenvalue weighted by Gasteiger charge is -2.36. The summed E-state index contributed by atoms with van der Waals surface area (Å²) in [5.41, 5.74) is 1.22. The first kappa shape index (κ1) is 15.0. The Kier molecular flexibility index (Phi) is 6.31. The highest BCUT2D eigenvalue weighted by molar-refractivity contribution is 7.80. The third-order valence-electron chi connectivity index (χ3n) is 3.33. The molecule has 5 heteroatoms.